The number of aryl methyl sites for hydroxylation is 1. The van der Waals surface area contributed by atoms with Gasteiger partial charge in [0, 0.05) is 30.0 Å². The molecule has 1 amide bonds. The van der Waals surface area contributed by atoms with Crippen LogP contribution in [0.25, 0.3) is 11.8 Å². The van der Waals surface area contributed by atoms with E-state index in [1.54, 1.807) is 6.08 Å². The predicted molar refractivity (Wildman–Crippen MR) is 117 cm³/mol. The van der Waals surface area contributed by atoms with Crippen molar-refractivity contribution >= 4 is 46.3 Å². The van der Waals surface area contributed by atoms with E-state index in [0.717, 1.165) is 40.8 Å². The number of thioether (sulfide) groups is 1. The van der Waals surface area contributed by atoms with Crippen LogP contribution in [0.1, 0.15) is 35.4 Å². The zero-order chi connectivity index (χ0) is 22.9. The molecule has 1 fully saturated rings. The standard InChI is InChI=1S/C21H19F3N2O3S2/c1-12-10-14(11-17-19(29)25(20(30)31-17)9-3-4-18(27)28)13(2)26(12)16-7-5-15(6-8-16)21(22,23)24/h5-8,10-11H,3-4,9H2,1-2H3,(H,27,28). The highest BCUT2D eigenvalue weighted by molar-refractivity contribution is 8.26. The Kier molecular flexibility index (Phi) is 6.61. The molecule has 0 atom stereocenters. The summed E-state index contributed by atoms with van der Waals surface area (Å²) in [5.74, 6) is -1.21. The number of carboxylic acids is 1. The van der Waals surface area contributed by atoms with E-state index in [-0.39, 0.29) is 18.9 Å². The number of nitrogens with zero attached hydrogens (tertiary/aromatic N) is 2. The maximum Gasteiger partial charge on any atom is 0.416 e. The summed E-state index contributed by atoms with van der Waals surface area (Å²) in [5, 5.41) is 8.76. The van der Waals surface area contributed by atoms with Gasteiger partial charge in [-0.15, -0.1) is 0 Å². The van der Waals surface area contributed by atoms with E-state index >= 15 is 0 Å². The van der Waals surface area contributed by atoms with Gasteiger partial charge in [0.15, 0.2) is 0 Å². The number of alkyl halides is 3. The average Bonchev–Trinajstić information content (AvgIpc) is 3.10. The van der Waals surface area contributed by atoms with Crippen molar-refractivity contribution in [2.45, 2.75) is 32.9 Å². The molecule has 0 aliphatic carbocycles. The number of carbonyl (C=O) groups is 2. The third-order valence-corrected chi connectivity index (χ3v) is 6.23. The number of aromatic nitrogens is 1. The number of rotatable bonds is 6. The van der Waals surface area contributed by atoms with Crippen LogP contribution in [-0.2, 0) is 15.8 Å². The van der Waals surface area contributed by atoms with Crippen molar-refractivity contribution in [1.29, 1.82) is 0 Å². The van der Waals surface area contributed by atoms with Crippen molar-refractivity contribution in [1.82, 2.24) is 9.47 Å². The van der Waals surface area contributed by atoms with Gasteiger partial charge in [-0.05, 0) is 62.2 Å². The van der Waals surface area contributed by atoms with Gasteiger partial charge in [-0.25, -0.2) is 0 Å². The molecule has 5 nitrogen and oxygen atoms in total. The van der Waals surface area contributed by atoms with Gasteiger partial charge in [-0.1, -0.05) is 24.0 Å². The first kappa shape index (κ1) is 23.1. The maximum absolute atomic E-state index is 12.8. The summed E-state index contributed by atoms with van der Waals surface area (Å²) >= 11 is 6.40. The number of amides is 1. The Bertz CT molecular complexity index is 1070. The molecule has 3 rings (SSSR count). The summed E-state index contributed by atoms with van der Waals surface area (Å²) in [5.41, 5.74) is 2.20. The lowest BCUT2D eigenvalue weighted by atomic mass is 10.2. The Labute approximate surface area is 186 Å². The van der Waals surface area contributed by atoms with Gasteiger partial charge in [0.1, 0.15) is 4.32 Å². The van der Waals surface area contributed by atoms with Gasteiger partial charge >= 0.3 is 12.1 Å². The lowest BCUT2D eigenvalue weighted by Crippen LogP contribution is -2.29. The molecule has 0 unspecified atom stereocenters. The van der Waals surface area contributed by atoms with Gasteiger partial charge in [-0.3, -0.25) is 14.5 Å². The van der Waals surface area contributed by atoms with Crippen molar-refractivity contribution in [3.05, 3.63) is 57.8 Å². The fourth-order valence-electron chi connectivity index (χ4n) is 3.35. The van der Waals surface area contributed by atoms with E-state index in [1.807, 2.05) is 24.5 Å². The second-order valence-electron chi connectivity index (χ2n) is 7.04. The van der Waals surface area contributed by atoms with E-state index in [0.29, 0.717) is 21.3 Å². The third kappa shape index (κ3) is 5.01. The first-order chi connectivity index (χ1) is 14.5. The monoisotopic (exact) mass is 468 g/mol. The number of hydrogen-bond donors (Lipinski definition) is 1. The average molecular weight is 469 g/mol. The second kappa shape index (κ2) is 8.88. The molecule has 2 heterocycles. The largest absolute Gasteiger partial charge is 0.481 e. The maximum atomic E-state index is 12.8. The third-order valence-electron chi connectivity index (χ3n) is 4.86. The minimum atomic E-state index is -4.40. The van der Waals surface area contributed by atoms with Crippen molar-refractivity contribution < 1.29 is 27.9 Å². The lowest BCUT2D eigenvalue weighted by Gasteiger charge is -2.13. The van der Waals surface area contributed by atoms with Crippen molar-refractivity contribution in [3.63, 3.8) is 0 Å². The van der Waals surface area contributed by atoms with E-state index in [4.69, 9.17) is 17.3 Å². The van der Waals surface area contributed by atoms with E-state index < -0.39 is 17.7 Å². The van der Waals surface area contributed by atoms with Crippen molar-refractivity contribution in [2.75, 3.05) is 6.54 Å². The summed E-state index contributed by atoms with van der Waals surface area (Å²) < 4.78 is 40.7. The second-order valence-corrected chi connectivity index (χ2v) is 8.71. The minimum absolute atomic E-state index is 0.0512. The van der Waals surface area contributed by atoms with Crippen molar-refractivity contribution in [3.8, 4) is 5.69 Å². The van der Waals surface area contributed by atoms with Gasteiger partial charge < -0.3 is 9.67 Å². The van der Waals surface area contributed by atoms with Gasteiger partial charge in [0.2, 0.25) is 0 Å². The summed E-state index contributed by atoms with van der Waals surface area (Å²) in [4.78, 5) is 25.2. The molecule has 164 valence electrons. The van der Waals surface area contributed by atoms with Crippen LogP contribution in [0.5, 0.6) is 0 Å². The Balaban J connectivity index is 1.85. The normalized spacial score (nSPS) is 15.9. The van der Waals surface area contributed by atoms with Gasteiger partial charge in [0.05, 0.1) is 10.5 Å². The Morgan fingerprint density at radius 2 is 1.87 bits per heavy atom. The van der Waals surface area contributed by atoms with Gasteiger partial charge in [0.25, 0.3) is 5.91 Å². The first-order valence-corrected chi connectivity index (χ1v) is 10.5. The Hall–Kier alpha value is -2.59. The zero-order valence-electron chi connectivity index (χ0n) is 16.7. The molecular weight excluding hydrogens is 449 g/mol. The minimum Gasteiger partial charge on any atom is -0.481 e. The molecule has 0 spiro atoms. The number of carbonyl (C=O) groups excluding carboxylic acids is 1. The molecule has 1 saturated heterocycles. The van der Waals surface area contributed by atoms with Crippen LogP contribution in [0.2, 0.25) is 0 Å². The Morgan fingerprint density at radius 3 is 2.45 bits per heavy atom. The molecule has 10 heteroatoms. The summed E-state index contributed by atoms with van der Waals surface area (Å²) in [6.07, 6.45) is -2.44. The lowest BCUT2D eigenvalue weighted by molar-refractivity contribution is -0.138. The van der Waals surface area contributed by atoms with Crippen LogP contribution in [0.3, 0.4) is 0 Å². The SMILES string of the molecule is Cc1cc(C=C2SC(=S)N(CCCC(=O)O)C2=O)c(C)n1-c1ccc(C(F)(F)F)cc1. The molecule has 0 radical (unpaired) electrons. The van der Waals surface area contributed by atoms with Crippen LogP contribution in [0.15, 0.2) is 35.2 Å². The topological polar surface area (TPSA) is 62.5 Å². The fraction of sp³-hybridized carbons (Fsp3) is 0.286. The zero-order valence-corrected chi connectivity index (χ0v) is 18.3. The molecule has 2 aromatic rings. The van der Waals surface area contributed by atoms with Crippen LogP contribution < -0.4 is 0 Å². The first-order valence-electron chi connectivity index (χ1n) is 9.33. The molecule has 1 aliphatic heterocycles. The molecule has 0 saturated carbocycles. The highest BCUT2D eigenvalue weighted by Gasteiger charge is 2.32. The summed E-state index contributed by atoms with van der Waals surface area (Å²) in [6.45, 7) is 3.89. The number of carboxylic acid groups (broad SMARTS) is 1. The molecule has 1 aromatic heterocycles. The number of thiocarbonyl (C=S) groups is 1. The number of halogens is 3. The van der Waals surface area contributed by atoms with E-state index in [2.05, 4.69) is 0 Å². The molecule has 0 bridgehead atoms. The van der Waals surface area contributed by atoms with Gasteiger partial charge in [-0.2, -0.15) is 13.2 Å². The smallest absolute Gasteiger partial charge is 0.416 e. The Morgan fingerprint density at radius 1 is 1.23 bits per heavy atom. The molecule has 1 aromatic carbocycles. The van der Waals surface area contributed by atoms with Crippen LogP contribution in [0.4, 0.5) is 13.2 Å². The quantitative estimate of drug-likeness (QED) is 0.468. The number of hydrogen-bond acceptors (Lipinski definition) is 4. The fourth-order valence-corrected chi connectivity index (χ4v) is 4.65. The van der Waals surface area contributed by atoms with Crippen LogP contribution >= 0.6 is 24.0 Å². The van der Waals surface area contributed by atoms with Crippen LogP contribution in [0, 0.1) is 13.8 Å². The van der Waals surface area contributed by atoms with Crippen molar-refractivity contribution in [2.24, 2.45) is 0 Å². The predicted octanol–water partition coefficient (Wildman–Crippen LogP) is 5.18. The highest BCUT2D eigenvalue weighted by atomic mass is 32.2. The van der Waals surface area contributed by atoms with E-state index in [1.165, 1.54) is 17.0 Å². The molecule has 31 heavy (non-hydrogen) atoms. The van der Waals surface area contributed by atoms with Crippen LogP contribution in [-0.4, -0.2) is 37.3 Å². The molecule has 1 N–H and O–H groups in total. The molecule has 1 aliphatic rings. The number of aliphatic carboxylic acids is 1. The van der Waals surface area contributed by atoms with E-state index in [9.17, 15) is 22.8 Å². The number of benzene rings is 1. The summed E-state index contributed by atoms with van der Waals surface area (Å²) in [7, 11) is 0. The summed E-state index contributed by atoms with van der Waals surface area (Å²) in [6, 6.07) is 6.75. The molecular formula is C21H19F3N2O3S2. The highest BCUT2D eigenvalue weighted by Crippen LogP contribution is 2.35.